The minimum Gasteiger partial charge on any atom is -0.461 e. The zero-order valence-electron chi connectivity index (χ0n) is 16.6. The zero-order chi connectivity index (χ0) is 20.3. The summed E-state index contributed by atoms with van der Waals surface area (Å²) >= 11 is 0. The van der Waals surface area contributed by atoms with Crippen molar-refractivity contribution in [3.63, 3.8) is 0 Å². The number of carbonyl (C=O) groups excluding carboxylic acids is 2. The summed E-state index contributed by atoms with van der Waals surface area (Å²) in [6, 6.07) is 11.8. The molecule has 0 aliphatic rings. The monoisotopic (exact) mass is 380 g/mol. The van der Waals surface area contributed by atoms with Gasteiger partial charge in [0.05, 0.1) is 23.7 Å². The molecule has 0 spiro atoms. The highest BCUT2D eigenvalue weighted by molar-refractivity contribution is 6.00. The molecular formula is C22H24N2O4. The second kappa shape index (κ2) is 7.84. The SMILES string of the molecule is CCOC(=O)c1ncc2c(ccn2Cc2ccccc2)c1OC(=O)C(C)(C)C. The lowest BCUT2D eigenvalue weighted by atomic mass is 9.97. The maximum Gasteiger partial charge on any atom is 0.360 e. The number of hydrogen-bond acceptors (Lipinski definition) is 5. The van der Waals surface area contributed by atoms with Crippen LogP contribution in [0.3, 0.4) is 0 Å². The molecule has 3 aromatic rings. The highest BCUT2D eigenvalue weighted by Gasteiger charge is 2.28. The first-order valence-electron chi connectivity index (χ1n) is 9.22. The van der Waals surface area contributed by atoms with Crippen molar-refractivity contribution in [2.75, 3.05) is 6.61 Å². The summed E-state index contributed by atoms with van der Waals surface area (Å²) in [5, 5.41) is 0.645. The van der Waals surface area contributed by atoms with E-state index in [1.54, 1.807) is 33.9 Å². The van der Waals surface area contributed by atoms with E-state index in [0.717, 1.165) is 11.1 Å². The second-order valence-corrected chi connectivity index (χ2v) is 7.52. The van der Waals surface area contributed by atoms with Gasteiger partial charge in [0.25, 0.3) is 0 Å². The van der Waals surface area contributed by atoms with Crippen molar-refractivity contribution in [1.29, 1.82) is 0 Å². The Bertz CT molecular complexity index is 1000. The van der Waals surface area contributed by atoms with Gasteiger partial charge in [-0.3, -0.25) is 4.79 Å². The molecule has 0 amide bonds. The van der Waals surface area contributed by atoms with Crippen LogP contribution >= 0.6 is 0 Å². The summed E-state index contributed by atoms with van der Waals surface area (Å²) in [6.07, 6.45) is 3.50. The van der Waals surface area contributed by atoms with Gasteiger partial charge < -0.3 is 14.0 Å². The fourth-order valence-corrected chi connectivity index (χ4v) is 2.74. The van der Waals surface area contributed by atoms with Crippen molar-refractivity contribution in [1.82, 2.24) is 9.55 Å². The Morgan fingerprint density at radius 3 is 2.46 bits per heavy atom. The zero-order valence-corrected chi connectivity index (χ0v) is 16.6. The van der Waals surface area contributed by atoms with Crippen LogP contribution in [0, 0.1) is 5.41 Å². The largest absolute Gasteiger partial charge is 0.461 e. The predicted octanol–water partition coefficient (Wildman–Crippen LogP) is 4.21. The molecule has 0 N–H and O–H groups in total. The molecule has 1 aromatic carbocycles. The van der Waals surface area contributed by atoms with Gasteiger partial charge in [0, 0.05) is 18.1 Å². The first-order chi connectivity index (χ1) is 13.3. The lowest BCUT2D eigenvalue weighted by Gasteiger charge is -2.18. The number of pyridine rings is 1. The highest BCUT2D eigenvalue weighted by Crippen LogP contribution is 2.32. The van der Waals surface area contributed by atoms with Crippen molar-refractivity contribution in [3.05, 3.63) is 60.0 Å². The van der Waals surface area contributed by atoms with E-state index in [0.29, 0.717) is 11.9 Å². The molecule has 0 aliphatic heterocycles. The minimum absolute atomic E-state index is 0.00408. The average Bonchev–Trinajstić information content (AvgIpc) is 3.05. The molecule has 0 radical (unpaired) electrons. The standard InChI is InChI=1S/C22H24N2O4/c1-5-27-20(25)18-19(28-21(26)22(2,3)4)16-11-12-24(17(16)13-23-18)14-15-9-7-6-8-10-15/h6-13H,5,14H2,1-4H3. The number of esters is 2. The van der Waals surface area contributed by atoms with E-state index in [9.17, 15) is 9.59 Å². The molecule has 0 saturated heterocycles. The number of rotatable bonds is 5. The maximum atomic E-state index is 12.5. The normalized spacial score (nSPS) is 11.4. The van der Waals surface area contributed by atoms with Gasteiger partial charge in [-0.25, -0.2) is 9.78 Å². The van der Waals surface area contributed by atoms with E-state index in [1.165, 1.54) is 0 Å². The summed E-state index contributed by atoms with van der Waals surface area (Å²) in [4.78, 5) is 29.1. The molecule has 28 heavy (non-hydrogen) atoms. The summed E-state index contributed by atoms with van der Waals surface area (Å²) in [5.41, 5.74) is 1.18. The molecule has 0 atom stereocenters. The summed E-state index contributed by atoms with van der Waals surface area (Å²) < 4.78 is 12.7. The molecule has 6 nitrogen and oxygen atoms in total. The van der Waals surface area contributed by atoms with Gasteiger partial charge in [-0.2, -0.15) is 0 Å². The molecule has 0 fully saturated rings. The maximum absolute atomic E-state index is 12.5. The Hall–Kier alpha value is -3.15. The van der Waals surface area contributed by atoms with Gasteiger partial charge in [0.1, 0.15) is 0 Å². The number of hydrogen-bond donors (Lipinski definition) is 0. The van der Waals surface area contributed by atoms with Crippen LogP contribution in [0.15, 0.2) is 48.8 Å². The third kappa shape index (κ3) is 4.06. The van der Waals surface area contributed by atoms with Crippen LogP contribution in [0.5, 0.6) is 5.75 Å². The summed E-state index contributed by atoms with van der Waals surface area (Å²) in [6.45, 7) is 7.83. The Morgan fingerprint density at radius 1 is 1.11 bits per heavy atom. The van der Waals surface area contributed by atoms with Crippen LogP contribution in [0.4, 0.5) is 0 Å². The van der Waals surface area contributed by atoms with E-state index < -0.39 is 17.4 Å². The van der Waals surface area contributed by atoms with Crippen LogP contribution in [0.1, 0.15) is 43.7 Å². The molecule has 0 bridgehead atoms. The van der Waals surface area contributed by atoms with E-state index in [2.05, 4.69) is 4.98 Å². The number of ether oxygens (including phenoxy) is 2. The summed E-state index contributed by atoms with van der Waals surface area (Å²) in [7, 11) is 0. The lowest BCUT2D eigenvalue weighted by Crippen LogP contribution is -2.26. The number of nitrogens with zero attached hydrogens (tertiary/aromatic N) is 2. The molecule has 2 heterocycles. The smallest absolute Gasteiger partial charge is 0.360 e. The third-order valence-corrected chi connectivity index (χ3v) is 4.25. The third-order valence-electron chi connectivity index (χ3n) is 4.25. The molecule has 0 aliphatic carbocycles. The van der Waals surface area contributed by atoms with E-state index in [4.69, 9.17) is 9.47 Å². The predicted molar refractivity (Wildman–Crippen MR) is 106 cm³/mol. The Kier molecular flexibility index (Phi) is 5.49. The van der Waals surface area contributed by atoms with Gasteiger partial charge in [0.2, 0.25) is 0 Å². The first-order valence-corrected chi connectivity index (χ1v) is 9.22. The molecular weight excluding hydrogens is 356 g/mol. The van der Waals surface area contributed by atoms with Crippen molar-refractivity contribution < 1.29 is 19.1 Å². The minimum atomic E-state index is -0.722. The van der Waals surface area contributed by atoms with E-state index in [1.807, 2.05) is 47.2 Å². The first kappa shape index (κ1) is 19.6. The summed E-state index contributed by atoms with van der Waals surface area (Å²) in [5.74, 6) is -0.914. The fourth-order valence-electron chi connectivity index (χ4n) is 2.74. The average molecular weight is 380 g/mol. The van der Waals surface area contributed by atoms with Crippen LogP contribution in [0.2, 0.25) is 0 Å². The molecule has 6 heteroatoms. The van der Waals surface area contributed by atoms with Crippen LogP contribution in [-0.4, -0.2) is 28.1 Å². The Labute approximate surface area is 164 Å². The van der Waals surface area contributed by atoms with Gasteiger partial charge in [-0.1, -0.05) is 30.3 Å². The molecule has 2 aromatic heterocycles. The Balaban J connectivity index is 2.08. The number of aromatic nitrogens is 2. The van der Waals surface area contributed by atoms with Gasteiger partial charge in [-0.05, 0) is 39.3 Å². The molecule has 0 saturated carbocycles. The number of benzene rings is 1. The Morgan fingerprint density at radius 2 is 1.82 bits per heavy atom. The highest BCUT2D eigenvalue weighted by atomic mass is 16.5. The van der Waals surface area contributed by atoms with Crippen molar-refractivity contribution in [2.24, 2.45) is 5.41 Å². The number of fused-ring (bicyclic) bond motifs is 1. The fraction of sp³-hybridized carbons (Fsp3) is 0.318. The van der Waals surface area contributed by atoms with Gasteiger partial charge in [0.15, 0.2) is 11.4 Å². The molecule has 3 rings (SSSR count). The van der Waals surface area contributed by atoms with Crippen LogP contribution in [0.25, 0.3) is 10.9 Å². The van der Waals surface area contributed by atoms with Crippen molar-refractivity contribution >= 4 is 22.8 Å². The van der Waals surface area contributed by atoms with Crippen LogP contribution < -0.4 is 4.74 Å². The van der Waals surface area contributed by atoms with E-state index in [-0.39, 0.29) is 18.1 Å². The quantitative estimate of drug-likeness (QED) is 0.620. The van der Waals surface area contributed by atoms with Gasteiger partial charge in [-0.15, -0.1) is 0 Å². The van der Waals surface area contributed by atoms with Gasteiger partial charge >= 0.3 is 11.9 Å². The van der Waals surface area contributed by atoms with Crippen LogP contribution in [-0.2, 0) is 16.1 Å². The van der Waals surface area contributed by atoms with Crippen molar-refractivity contribution in [2.45, 2.75) is 34.2 Å². The molecule has 146 valence electrons. The molecule has 0 unspecified atom stereocenters. The lowest BCUT2D eigenvalue weighted by molar-refractivity contribution is -0.142. The number of carbonyl (C=O) groups is 2. The second-order valence-electron chi connectivity index (χ2n) is 7.52. The van der Waals surface area contributed by atoms with E-state index >= 15 is 0 Å². The topological polar surface area (TPSA) is 70.4 Å². The van der Waals surface area contributed by atoms with Crippen molar-refractivity contribution in [3.8, 4) is 5.75 Å².